The van der Waals surface area contributed by atoms with Crippen LogP contribution in [0.15, 0.2) is 273 Å². The van der Waals surface area contributed by atoms with Crippen molar-refractivity contribution in [3.05, 3.63) is 357 Å². The Morgan fingerprint density at radius 1 is 0.367 bits per heavy atom. The first kappa shape index (κ1) is 77.7. The number of benzene rings is 11. The molecule has 0 spiro atoms. The number of carbonyl (C=O) groups excluding carboxylic acids is 3. The maximum Gasteiger partial charge on any atom is 0.344 e. The number of nitrogens with zero attached hydrogens (tertiary/aromatic N) is 1. The van der Waals surface area contributed by atoms with Crippen LogP contribution in [0, 0.1) is 23.3 Å². The summed E-state index contributed by atoms with van der Waals surface area (Å²) in [4.78, 5) is 36.9. The molecule has 0 aromatic heterocycles. The summed E-state index contributed by atoms with van der Waals surface area (Å²) in [5.41, 5.74) is 0.998. The molecule has 0 radical (unpaired) electrons. The van der Waals surface area contributed by atoms with Gasteiger partial charge >= 0.3 is 60.0 Å². The zero-order chi connectivity index (χ0) is 78.8. The predicted octanol–water partition coefficient (Wildman–Crippen LogP) is 23.7. The number of ketones is 1. The summed E-state index contributed by atoms with van der Waals surface area (Å²) in [6.45, 7) is 1.68. The van der Waals surface area contributed by atoms with Crippen molar-refractivity contribution in [2.75, 3.05) is 4.90 Å². The van der Waals surface area contributed by atoms with E-state index in [0.717, 1.165) is 54.1 Å². The lowest BCUT2D eigenvalue weighted by molar-refractivity contribution is -0.254. The zero-order valence-corrected chi connectivity index (χ0v) is 55.3. The van der Waals surface area contributed by atoms with E-state index in [4.69, 9.17) is 0 Å². The first-order valence-corrected chi connectivity index (χ1v) is 31.8. The van der Waals surface area contributed by atoms with Gasteiger partial charge in [0.2, 0.25) is 0 Å². The SMILES string of the molecule is CC(c1ccc(OC(F)=C(F)F)cc1)(c1ccc(OC(F)=C(F)F)cc1)c1ccc(OC(F)=C(F)F)cc1.FC1(F)c2ccc(-c3ccc4c(c3)C(F)(F)C4(F)F)cc2C1(F)F.Fc1c(F)c(F)c2ccccc2c1F.O=C(c1ccc(N2C(=O)C=CC2=O)cc1)c1ccc2c(c1)CC2.c1ccc2ccccc2c1. The highest BCUT2D eigenvalue weighted by Crippen LogP contribution is 2.63. The van der Waals surface area contributed by atoms with E-state index in [2.05, 4.69) is 62.7 Å². The minimum Gasteiger partial charge on any atom is -0.428 e. The average Bonchev–Trinajstić information content (AvgIpc) is 0.790. The van der Waals surface area contributed by atoms with Gasteiger partial charge in [-0.1, -0.05) is 146 Å². The molecule has 2 amide bonds. The van der Waals surface area contributed by atoms with Crippen LogP contribution in [-0.4, -0.2) is 17.6 Å². The van der Waals surface area contributed by atoms with Crippen molar-refractivity contribution in [3.8, 4) is 28.4 Å². The molecule has 0 N–H and O–H groups in total. The van der Waals surface area contributed by atoms with Gasteiger partial charge in [-0.15, -0.1) is 0 Å². The van der Waals surface area contributed by atoms with E-state index in [1.54, 1.807) is 31.2 Å². The Hall–Kier alpha value is -12.4. The smallest absolute Gasteiger partial charge is 0.344 e. The highest BCUT2D eigenvalue weighted by Gasteiger charge is 2.70. The standard InChI is InChI=1S/C26H15F9O3.C19H13NO3.C16H6F8.C10H4F4.C10H8/c1-26(14-2-8-17(9-3-14)36-23(33)20(27)28,15-4-10-18(11-5-15)37-24(34)21(29)30)16-6-12-19(13-7-16)38-25(35)22(31)32;21-17-9-10-18(22)20(17)16-7-5-13(6-8-16)19(23)15-4-2-12-1-3-14(12)11-15;17-13(18)9-3-1-7(5-11(9)15(13,21)22)8-2-4-10-12(6-8)16(23,24)14(10,19)20;11-7-5-3-1-2-4-6(5)8(12)10(14)9(7)13;1-2-6-10-8-4-3-7-9(10)5-1/h2-13H,1H3;2,4-11H,1,3H2;1-6H;1-4H;1-8H. The molecule has 0 atom stereocenters. The van der Waals surface area contributed by atoms with E-state index < -0.39 is 111 Å². The lowest BCUT2D eigenvalue weighted by atomic mass is 9.71. The molecule has 15 rings (SSSR count). The molecule has 0 saturated heterocycles. The normalized spacial score (nSPS) is 14.6. The first-order chi connectivity index (χ1) is 51.6. The lowest BCUT2D eigenvalue weighted by Gasteiger charge is -2.39. The van der Waals surface area contributed by atoms with Crippen molar-refractivity contribution in [2.45, 2.75) is 48.9 Å². The second-order valence-electron chi connectivity index (χ2n) is 24.3. The predicted molar refractivity (Wildman–Crippen MR) is 358 cm³/mol. The van der Waals surface area contributed by atoms with E-state index >= 15 is 0 Å². The Kier molecular flexibility index (Phi) is 22.0. The Balaban J connectivity index is 0.000000144. The number of alkyl halides is 8. The molecular formula is C81H46F21NO6. The third-order valence-corrected chi connectivity index (χ3v) is 17.8. The van der Waals surface area contributed by atoms with Gasteiger partial charge in [-0.25, -0.2) is 22.5 Å². The van der Waals surface area contributed by atoms with Crippen molar-refractivity contribution in [1.29, 1.82) is 0 Å². The van der Waals surface area contributed by atoms with Crippen molar-refractivity contribution >= 4 is 44.8 Å². The molecule has 109 heavy (non-hydrogen) atoms. The molecule has 11 aromatic rings. The molecule has 0 unspecified atom stereocenters. The van der Waals surface area contributed by atoms with Gasteiger partial charge in [-0.05, 0) is 148 Å². The maximum absolute atomic E-state index is 13.4. The summed E-state index contributed by atoms with van der Waals surface area (Å²) < 4.78 is 285. The number of rotatable bonds is 13. The highest BCUT2D eigenvalue weighted by molar-refractivity contribution is 6.28. The Morgan fingerprint density at radius 3 is 1.03 bits per heavy atom. The van der Waals surface area contributed by atoms with Crippen LogP contribution in [0.3, 0.4) is 0 Å². The van der Waals surface area contributed by atoms with Gasteiger partial charge in [-0.2, -0.15) is 74.6 Å². The molecule has 0 bridgehead atoms. The highest BCUT2D eigenvalue weighted by atomic mass is 19.3. The third-order valence-electron chi connectivity index (χ3n) is 17.8. The second-order valence-corrected chi connectivity index (χ2v) is 24.3. The molecule has 558 valence electrons. The van der Waals surface area contributed by atoms with Gasteiger partial charge in [0.05, 0.1) is 5.69 Å². The van der Waals surface area contributed by atoms with Crippen LogP contribution in [0.1, 0.15) is 72.9 Å². The van der Waals surface area contributed by atoms with E-state index in [1.807, 2.05) is 18.2 Å². The number of amides is 2. The summed E-state index contributed by atoms with van der Waals surface area (Å²) in [7, 11) is 0. The van der Waals surface area contributed by atoms with Gasteiger partial charge in [0.1, 0.15) is 17.2 Å². The summed E-state index contributed by atoms with van der Waals surface area (Å²) in [5.74, 6) is -25.1. The van der Waals surface area contributed by atoms with Crippen LogP contribution in [-0.2, 0) is 51.5 Å². The quantitative estimate of drug-likeness (QED) is 0.0218. The molecule has 4 aliphatic rings. The third kappa shape index (κ3) is 15.4. The number of carbonyl (C=O) groups is 3. The molecule has 28 heteroatoms. The van der Waals surface area contributed by atoms with E-state index in [9.17, 15) is 107 Å². The number of aryl methyl sites for hydroxylation is 2. The van der Waals surface area contributed by atoms with Gasteiger partial charge in [-0.3, -0.25) is 14.4 Å². The lowest BCUT2D eigenvalue weighted by Crippen LogP contribution is -2.47. The van der Waals surface area contributed by atoms with Crippen LogP contribution < -0.4 is 19.1 Å². The zero-order valence-electron chi connectivity index (χ0n) is 55.3. The van der Waals surface area contributed by atoms with Crippen LogP contribution in [0.25, 0.3) is 32.7 Å². The van der Waals surface area contributed by atoms with Gasteiger partial charge in [0.15, 0.2) is 29.1 Å². The number of ether oxygens (including phenoxy) is 3. The van der Waals surface area contributed by atoms with Gasteiger partial charge in [0.25, 0.3) is 11.8 Å². The fourth-order valence-electron chi connectivity index (χ4n) is 11.9. The van der Waals surface area contributed by atoms with E-state index in [-0.39, 0.29) is 56.7 Å². The number of halogens is 21. The summed E-state index contributed by atoms with van der Waals surface area (Å²) in [5, 5.41) is 2.10. The summed E-state index contributed by atoms with van der Waals surface area (Å²) in [6, 6.07) is 49.1. The van der Waals surface area contributed by atoms with Gasteiger partial charge < -0.3 is 14.2 Å². The van der Waals surface area contributed by atoms with E-state index in [0.29, 0.717) is 33.5 Å². The topological polar surface area (TPSA) is 82.1 Å². The van der Waals surface area contributed by atoms with Crippen molar-refractivity contribution in [3.63, 3.8) is 0 Å². The fraction of sp³-hybridized carbons (Fsp3) is 0.0988. The Labute approximate surface area is 602 Å². The van der Waals surface area contributed by atoms with Crippen LogP contribution >= 0.6 is 0 Å². The number of fused-ring (bicyclic) bond motifs is 5. The first-order valence-electron chi connectivity index (χ1n) is 31.8. The minimum absolute atomic E-state index is 0.0299. The Morgan fingerprint density at radius 2 is 0.697 bits per heavy atom. The largest absolute Gasteiger partial charge is 0.428 e. The Bertz CT molecular complexity index is 5110. The monoisotopic (exact) mass is 1530 g/mol. The minimum atomic E-state index is -4.35. The number of hydrogen-bond donors (Lipinski definition) is 0. The van der Waals surface area contributed by atoms with Crippen molar-refractivity contribution < 1.29 is 121 Å². The molecule has 1 aliphatic heterocycles. The van der Waals surface area contributed by atoms with Crippen LogP contribution in [0.4, 0.5) is 97.9 Å². The van der Waals surface area contributed by atoms with Crippen molar-refractivity contribution in [2.24, 2.45) is 0 Å². The number of hydrogen-bond acceptors (Lipinski definition) is 6. The molecule has 11 aromatic carbocycles. The molecule has 0 fully saturated rings. The summed E-state index contributed by atoms with van der Waals surface area (Å²) >= 11 is 0. The molecule has 3 aliphatic carbocycles. The van der Waals surface area contributed by atoms with Crippen LogP contribution in [0.5, 0.6) is 17.2 Å². The van der Waals surface area contributed by atoms with Gasteiger partial charge in [0, 0.05) is 61.7 Å². The average molecular weight is 1530 g/mol. The number of imide groups is 1. The maximum atomic E-state index is 13.4. The molecular weight excluding hydrogens is 1480 g/mol. The molecule has 7 nitrogen and oxygen atoms in total. The second kappa shape index (κ2) is 30.8. The number of anilines is 1. The summed E-state index contributed by atoms with van der Waals surface area (Å²) in [6.07, 6.45) is -3.36. The fourth-order valence-corrected chi connectivity index (χ4v) is 11.9. The molecule has 1 heterocycles. The van der Waals surface area contributed by atoms with Crippen LogP contribution in [0.2, 0.25) is 0 Å². The molecule has 0 saturated carbocycles. The van der Waals surface area contributed by atoms with E-state index in [1.165, 1.54) is 131 Å². The van der Waals surface area contributed by atoms with Crippen molar-refractivity contribution in [1.82, 2.24) is 0 Å².